The molecule has 4 heteroatoms. The van der Waals surface area contributed by atoms with Gasteiger partial charge in [-0.3, -0.25) is 5.32 Å². The standard InChI is InChI=1S/C14H11N3S/c15-8-11-3-5-12(6-4-11)14(9-16)17-10-13-2-1-7-18-13/h1-7,14,17H,10H2. The van der Waals surface area contributed by atoms with Crippen molar-refractivity contribution < 1.29 is 0 Å². The van der Waals surface area contributed by atoms with E-state index in [1.54, 1.807) is 23.5 Å². The van der Waals surface area contributed by atoms with Crippen molar-refractivity contribution in [1.82, 2.24) is 5.32 Å². The number of benzene rings is 1. The van der Waals surface area contributed by atoms with Gasteiger partial charge in [0, 0.05) is 11.4 Å². The minimum atomic E-state index is -0.347. The maximum atomic E-state index is 9.16. The molecule has 0 aliphatic carbocycles. The highest BCUT2D eigenvalue weighted by Crippen LogP contribution is 2.15. The van der Waals surface area contributed by atoms with Crippen LogP contribution < -0.4 is 5.32 Å². The summed E-state index contributed by atoms with van der Waals surface area (Å²) >= 11 is 1.66. The molecule has 0 spiro atoms. The van der Waals surface area contributed by atoms with Crippen LogP contribution in [0.2, 0.25) is 0 Å². The molecule has 0 aliphatic heterocycles. The molecule has 18 heavy (non-hydrogen) atoms. The molecule has 1 N–H and O–H groups in total. The van der Waals surface area contributed by atoms with Gasteiger partial charge in [-0.2, -0.15) is 10.5 Å². The van der Waals surface area contributed by atoms with Crippen LogP contribution in [0.25, 0.3) is 0 Å². The number of nitrogens with zero attached hydrogens (tertiary/aromatic N) is 2. The Morgan fingerprint density at radius 2 is 1.94 bits per heavy atom. The zero-order chi connectivity index (χ0) is 12.8. The van der Waals surface area contributed by atoms with Crippen LogP contribution in [-0.4, -0.2) is 0 Å². The molecule has 1 heterocycles. The fraction of sp³-hybridized carbons (Fsp3) is 0.143. The summed E-state index contributed by atoms with van der Waals surface area (Å²) in [4.78, 5) is 1.20. The van der Waals surface area contributed by atoms with E-state index in [4.69, 9.17) is 10.5 Å². The van der Waals surface area contributed by atoms with Crippen molar-refractivity contribution >= 4 is 11.3 Å². The van der Waals surface area contributed by atoms with Crippen LogP contribution >= 0.6 is 11.3 Å². The molecule has 0 aliphatic rings. The van der Waals surface area contributed by atoms with Gasteiger partial charge in [0.25, 0.3) is 0 Å². The lowest BCUT2D eigenvalue weighted by atomic mass is 10.1. The van der Waals surface area contributed by atoms with Crippen LogP contribution in [0.4, 0.5) is 0 Å². The van der Waals surface area contributed by atoms with Crippen LogP contribution in [0, 0.1) is 22.7 Å². The maximum absolute atomic E-state index is 9.16. The Morgan fingerprint density at radius 3 is 2.50 bits per heavy atom. The van der Waals surface area contributed by atoms with E-state index in [1.807, 2.05) is 29.6 Å². The smallest absolute Gasteiger partial charge is 0.121 e. The summed E-state index contributed by atoms with van der Waals surface area (Å²) in [6, 6.07) is 15.1. The van der Waals surface area contributed by atoms with Gasteiger partial charge in [-0.25, -0.2) is 0 Å². The first-order valence-corrected chi connectivity index (χ1v) is 6.37. The number of hydrogen-bond acceptors (Lipinski definition) is 4. The lowest BCUT2D eigenvalue weighted by molar-refractivity contribution is 0.636. The second kappa shape index (κ2) is 5.97. The third-order valence-electron chi connectivity index (χ3n) is 2.56. The Morgan fingerprint density at radius 1 is 1.17 bits per heavy atom. The third kappa shape index (κ3) is 2.95. The number of rotatable bonds is 4. The van der Waals surface area contributed by atoms with Crippen molar-refractivity contribution in [3.05, 3.63) is 57.8 Å². The number of thiophene rings is 1. The fourth-order valence-electron chi connectivity index (χ4n) is 1.60. The zero-order valence-corrected chi connectivity index (χ0v) is 10.4. The summed E-state index contributed by atoms with van der Waals surface area (Å²) in [7, 11) is 0. The number of nitrogens with one attached hydrogen (secondary N) is 1. The molecule has 88 valence electrons. The molecular formula is C14H11N3S. The Balaban J connectivity index is 2.04. The summed E-state index contributed by atoms with van der Waals surface area (Å²) in [6.45, 7) is 0.676. The molecule has 0 fully saturated rings. The Hall–Kier alpha value is -2.14. The normalized spacial score (nSPS) is 11.4. The highest BCUT2D eigenvalue weighted by molar-refractivity contribution is 7.09. The summed E-state index contributed by atoms with van der Waals surface area (Å²) in [5, 5.41) is 23.1. The monoisotopic (exact) mass is 253 g/mol. The van der Waals surface area contributed by atoms with Gasteiger partial charge in [0.05, 0.1) is 17.7 Å². The van der Waals surface area contributed by atoms with Gasteiger partial charge in [-0.1, -0.05) is 18.2 Å². The van der Waals surface area contributed by atoms with Gasteiger partial charge >= 0.3 is 0 Å². The number of nitriles is 2. The highest BCUT2D eigenvalue weighted by atomic mass is 32.1. The summed E-state index contributed by atoms with van der Waals surface area (Å²) in [5.41, 5.74) is 1.49. The Kier molecular flexibility index (Phi) is 4.09. The third-order valence-corrected chi connectivity index (χ3v) is 3.44. The van der Waals surface area contributed by atoms with Crippen LogP contribution in [0.15, 0.2) is 41.8 Å². The summed E-state index contributed by atoms with van der Waals surface area (Å²) in [6.07, 6.45) is 0. The van der Waals surface area contributed by atoms with Crippen molar-refractivity contribution in [2.75, 3.05) is 0 Å². The van der Waals surface area contributed by atoms with Crippen LogP contribution in [0.5, 0.6) is 0 Å². The van der Waals surface area contributed by atoms with Crippen molar-refractivity contribution in [1.29, 1.82) is 10.5 Å². The lowest BCUT2D eigenvalue weighted by Gasteiger charge is -2.10. The molecule has 0 saturated carbocycles. The molecule has 2 aromatic rings. The molecule has 1 atom stereocenters. The lowest BCUT2D eigenvalue weighted by Crippen LogP contribution is -2.18. The van der Waals surface area contributed by atoms with Gasteiger partial charge < -0.3 is 0 Å². The predicted octanol–water partition coefficient (Wildman–Crippen LogP) is 2.97. The Bertz CT molecular complexity index is 573. The van der Waals surface area contributed by atoms with Crippen molar-refractivity contribution in [3.8, 4) is 12.1 Å². The van der Waals surface area contributed by atoms with E-state index < -0.39 is 0 Å². The maximum Gasteiger partial charge on any atom is 0.121 e. The van der Waals surface area contributed by atoms with E-state index in [0.717, 1.165) is 5.56 Å². The van der Waals surface area contributed by atoms with E-state index in [9.17, 15) is 0 Å². The summed E-state index contributed by atoms with van der Waals surface area (Å²) < 4.78 is 0. The quantitative estimate of drug-likeness (QED) is 0.911. The van der Waals surface area contributed by atoms with Crippen LogP contribution in [0.3, 0.4) is 0 Å². The van der Waals surface area contributed by atoms with E-state index in [0.29, 0.717) is 12.1 Å². The van der Waals surface area contributed by atoms with Gasteiger partial charge in [0.2, 0.25) is 0 Å². The number of hydrogen-bond donors (Lipinski definition) is 1. The van der Waals surface area contributed by atoms with Gasteiger partial charge in [0.1, 0.15) is 6.04 Å². The largest absolute Gasteiger partial charge is 0.293 e. The first kappa shape index (κ1) is 12.3. The molecule has 3 nitrogen and oxygen atoms in total. The molecule has 0 amide bonds. The van der Waals surface area contributed by atoms with E-state index in [1.165, 1.54) is 4.88 Å². The average Bonchev–Trinajstić information content (AvgIpc) is 2.93. The van der Waals surface area contributed by atoms with E-state index in [-0.39, 0.29) is 6.04 Å². The van der Waals surface area contributed by atoms with E-state index in [2.05, 4.69) is 17.5 Å². The van der Waals surface area contributed by atoms with Crippen LogP contribution in [0.1, 0.15) is 22.0 Å². The molecular weight excluding hydrogens is 242 g/mol. The topological polar surface area (TPSA) is 59.6 Å². The Labute approximate surface area is 110 Å². The SMILES string of the molecule is N#Cc1ccc(C(C#N)NCc2cccs2)cc1. The van der Waals surface area contributed by atoms with Crippen LogP contribution in [-0.2, 0) is 6.54 Å². The first-order valence-electron chi connectivity index (χ1n) is 5.49. The zero-order valence-electron chi connectivity index (χ0n) is 9.63. The van der Waals surface area contributed by atoms with Crippen molar-refractivity contribution in [2.24, 2.45) is 0 Å². The second-order valence-corrected chi connectivity index (χ2v) is 4.79. The van der Waals surface area contributed by atoms with Crippen molar-refractivity contribution in [2.45, 2.75) is 12.6 Å². The minimum Gasteiger partial charge on any atom is -0.293 e. The summed E-state index contributed by atoms with van der Waals surface area (Å²) in [5.74, 6) is 0. The second-order valence-electron chi connectivity index (χ2n) is 3.76. The minimum absolute atomic E-state index is 0.347. The molecule has 0 saturated heterocycles. The van der Waals surface area contributed by atoms with Crippen molar-refractivity contribution in [3.63, 3.8) is 0 Å². The molecule has 1 unspecified atom stereocenters. The first-order chi connectivity index (χ1) is 8.83. The molecule has 0 radical (unpaired) electrons. The molecule has 1 aromatic heterocycles. The average molecular weight is 253 g/mol. The van der Waals surface area contributed by atoms with E-state index >= 15 is 0 Å². The van der Waals surface area contributed by atoms with Gasteiger partial charge in [-0.15, -0.1) is 11.3 Å². The van der Waals surface area contributed by atoms with Gasteiger partial charge in [0.15, 0.2) is 0 Å². The van der Waals surface area contributed by atoms with Gasteiger partial charge in [-0.05, 0) is 29.1 Å². The molecule has 2 rings (SSSR count). The molecule has 1 aromatic carbocycles. The molecule has 0 bridgehead atoms. The predicted molar refractivity (Wildman–Crippen MR) is 70.7 cm³/mol. The highest BCUT2D eigenvalue weighted by Gasteiger charge is 2.09. The fourth-order valence-corrected chi connectivity index (χ4v) is 2.26.